The molecule has 1 heterocycles. The first kappa shape index (κ1) is 19.7. The number of benzene rings is 2. The van der Waals surface area contributed by atoms with Gasteiger partial charge in [-0.05, 0) is 47.5 Å². The van der Waals surface area contributed by atoms with E-state index in [1.807, 2.05) is 0 Å². The Morgan fingerprint density at radius 3 is 2.43 bits per heavy atom. The highest BCUT2D eigenvalue weighted by molar-refractivity contribution is 7.92. The Hall–Kier alpha value is -3.04. The number of aromatic nitrogens is 2. The third-order valence-corrected chi connectivity index (χ3v) is 5.26. The first-order valence-corrected chi connectivity index (χ1v) is 9.58. The molecule has 0 bridgehead atoms. The second-order valence-electron chi connectivity index (χ2n) is 5.49. The maximum absolute atomic E-state index is 13.8. The summed E-state index contributed by atoms with van der Waals surface area (Å²) in [6, 6.07) is 10.1. The van der Waals surface area contributed by atoms with Crippen LogP contribution in [0.4, 0.5) is 14.5 Å². The number of nitrogens with zero attached hydrogens (tertiary/aromatic N) is 2. The van der Waals surface area contributed by atoms with Gasteiger partial charge in [0.15, 0.2) is 4.90 Å². The predicted molar refractivity (Wildman–Crippen MR) is 100 cm³/mol. The second-order valence-corrected chi connectivity index (χ2v) is 7.45. The molecule has 6 nitrogen and oxygen atoms in total. The first-order valence-electron chi connectivity index (χ1n) is 7.72. The largest absolute Gasteiger partial charge is 0.515 e. The first-order chi connectivity index (χ1) is 13.3. The van der Waals surface area contributed by atoms with Crippen LogP contribution in [0.3, 0.4) is 0 Å². The monoisotopic (exact) mass is 423 g/mol. The summed E-state index contributed by atoms with van der Waals surface area (Å²) in [5, 5.41) is 9.56. The molecular formula is C18H12ClF2N3O3S. The van der Waals surface area contributed by atoms with Gasteiger partial charge in [-0.1, -0.05) is 18.2 Å². The van der Waals surface area contributed by atoms with Gasteiger partial charge in [0, 0.05) is 17.5 Å². The van der Waals surface area contributed by atoms with Crippen molar-refractivity contribution in [1.29, 1.82) is 0 Å². The van der Waals surface area contributed by atoms with Crippen LogP contribution in [0.25, 0.3) is 5.57 Å². The number of hydrogen-bond acceptors (Lipinski definition) is 5. The highest BCUT2D eigenvalue weighted by Gasteiger charge is 2.24. The summed E-state index contributed by atoms with van der Waals surface area (Å²) in [4.78, 5) is 6.65. The van der Waals surface area contributed by atoms with Crippen LogP contribution in [-0.2, 0) is 10.0 Å². The van der Waals surface area contributed by atoms with Crippen LogP contribution in [0.2, 0.25) is 5.28 Å². The summed E-state index contributed by atoms with van der Waals surface area (Å²) in [5.41, 5.74) is 0.941. The predicted octanol–water partition coefficient (Wildman–Crippen LogP) is 4.16. The van der Waals surface area contributed by atoms with Crippen LogP contribution in [0.15, 0.2) is 65.9 Å². The van der Waals surface area contributed by atoms with Crippen molar-refractivity contribution in [3.05, 3.63) is 89.2 Å². The minimum absolute atomic E-state index is 0.0275. The molecule has 0 aliphatic heterocycles. The maximum atomic E-state index is 13.8. The average molecular weight is 424 g/mol. The zero-order chi connectivity index (χ0) is 20.3. The molecule has 0 fully saturated rings. The zero-order valence-corrected chi connectivity index (χ0v) is 15.5. The highest BCUT2D eigenvalue weighted by atomic mass is 35.5. The molecule has 3 rings (SSSR count). The Morgan fingerprint density at radius 1 is 1.11 bits per heavy atom. The van der Waals surface area contributed by atoms with E-state index in [-0.39, 0.29) is 16.5 Å². The number of sulfonamides is 1. The molecule has 0 aliphatic carbocycles. The lowest BCUT2D eigenvalue weighted by molar-refractivity contribution is 0.476. The number of aliphatic hydroxyl groups is 1. The molecule has 0 saturated heterocycles. The molecule has 3 aromatic rings. The SMILES string of the molecule is O=S(=O)(Nc1cccc(C(=CO)c2ccnc(Cl)n2)c1)c1c(F)cccc1F. The van der Waals surface area contributed by atoms with Gasteiger partial charge in [0.1, 0.15) is 11.6 Å². The van der Waals surface area contributed by atoms with Gasteiger partial charge >= 0.3 is 0 Å². The number of halogens is 3. The molecule has 0 aliphatic rings. The van der Waals surface area contributed by atoms with E-state index in [9.17, 15) is 22.3 Å². The molecule has 2 aromatic carbocycles. The fraction of sp³-hybridized carbons (Fsp3) is 0. The zero-order valence-electron chi connectivity index (χ0n) is 14.0. The molecule has 28 heavy (non-hydrogen) atoms. The number of rotatable bonds is 5. The van der Waals surface area contributed by atoms with Gasteiger partial charge in [-0.15, -0.1) is 0 Å². The molecule has 0 atom stereocenters. The van der Waals surface area contributed by atoms with Gasteiger partial charge in [0.05, 0.1) is 12.0 Å². The van der Waals surface area contributed by atoms with E-state index in [1.165, 1.54) is 30.5 Å². The van der Waals surface area contributed by atoms with Crippen molar-refractivity contribution < 1.29 is 22.3 Å². The lowest BCUT2D eigenvalue weighted by Gasteiger charge is -2.12. The summed E-state index contributed by atoms with van der Waals surface area (Å²) < 4.78 is 54.6. The minimum atomic E-state index is -4.52. The summed E-state index contributed by atoms with van der Waals surface area (Å²) in [6.07, 6.45) is 2.17. The molecule has 1 aromatic heterocycles. The summed E-state index contributed by atoms with van der Waals surface area (Å²) >= 11 is 5.76. The van der Waals surface area contributed by atoms with Crippen molar-refractivity contribution in [3.8, 4) is 0 Å². The van der Waals surface area contributed by atoms with Crippen LogP contribution in [0.1, 0.15) is 11.3 Å². The van der Waals surface area contributed by atoms with E-state index in [1.54, 1.807) is 6.07 Å². The van der Waals surface area contributed by atoms with Crippen LogP contribution in [-0.4, -0.2) is 23.5 Å². The third-order valence-electron chi connectivity index (χ3n) is 3.64. The standard InChI is InChI=1S/C18H12ClF2N3O3S/c19-18-22-8-7-16(23-18)13(10-25)11-3-1-4-12(9-11)24-28(26,27)17-14(20)5-2-6-15(17)21/h1-10,24-25H. The summed E-state index contributed by atoms with van der Waals surface area (Å²) in [6.45, 7) is 0. The number of nitrogens with one attached hydrogen (secondary N) is 1. The Kier molecular flexibility index (Phi) is 5.57. The third kappa shape index (κ3) is 4.10. The minimum Gasteiger partial charge on any atom is -0.515 e. The fourth-order valence-electron chi connectivity index (χ4n) is 2.47. The number of anilines is 1. The molecule has 0 radical (unpaired) electrons. The van der Waals surface area contributed by atoms with Crippen molar-refractivity contribution in [3.63, 3.8) is 0 Å². The second kappa shape index (κ2) is 7.91. The Bertz CT molecular complexity index is 1150. The molecular weight excluding hydrogens is 412 g/mol. The Balaban J connectivity index is 1.98. The topological polar surface area (TPSA) is 92.2 Å². The number of aliphatic hydroxyl groups excluding tert-OH is 1. The van der Waals surface area contributed by atoms with E-state index in [0.29, 0.717) is 11.3 Å². The fourth-order valence-corrected chi connectivity index (χ4v) is 3.81. The van der Waals surface area contributed by atoms with Crippen molar-refractivity contribution in [2.24, 2.45) is 0 Å². The van der Waals surface area contributed by atoms with Gasteiger partial charge in [0.25, 0.3) is 10.0 Å². The van der Waals surface area contributed by atoms with E-state index < -0.39 is 26.6 Å². The highest BCUT2D eigenvalue weighted by Crippen LogP contribution is 2.26. The smallest absolute Gasteiger partial charge is 0.267 e. The van der Waals surface area contributed by atoms with Gasteiger partial charge < -0.3 is 5.11 Å². The normalized spacial score (nSPS) is 12.0. The van der Waals surface area contributed by atoms with Crippen LogP contribution >= 0.6 is 11.6 Å². The van der Waals surface area contributed by atoms with Gasteiger partial charge in [-0.2, -0.15) is 0 Å². The van der Waals surface area contributed by atoms with Crippen molar-refractivity contribution in [2.75, 3.05) is 4.72 Å². The number of hydrogen-bond donors (Lipinski definition) is 2. The molecule has 0 spiro atoms. The van der Waals surface area contributed by atoms with Crippen LogP contribution in [0.5, 0.6) is 0 Å². The molecule has 10 heteroatoms. The van der Waals surface area contributed by atoms with Gasteiger partial charge in [0.2, 0.25) is 5.28 Å². The lowest BCUT2D eigenvalue weighted by atomic mass is 10.0. The quantitative estimate of drug-likeness (QED) is 0.475. The summed E-state index contributed by atoms with van der Waals surface area (Å²) in [7, 11) is -4.52. The van der Waals surface area contributed by atoms with Crippen LogP contribution in [0, 0.1) is 11.6 Å². The maximum Gasteiger partial charge on any atom is 0.267 e. The van der Waals surface area contributed by atoms with E-state index in [0.717, 1.165) is 24.5 Å². The molecule has 144 valence electrons. The Morgan fingerprint density at radius 2 is 1.79 bits per heavy atom. The van der Waals surface area contributed by atoms with E-state index in [2.05, 4.69) is 14.7 Å². The molecule has 2 N–H and O–H groups in total. The Labute approximate surface area is 164 Å². The van der Waals surface area contributed by atoms with Crippen molar-refractivity contribution in [1.82, 2.24) is 9.97 Å². The molecule has 0 saturated carbocycles. The van der Waals surface area contributed by atoms with E-state index in [4.69, 9.17) is 11.6 Å². The molecule has 0 unspecified atom stereocenters. The van der Waals surface area contributed by atoms with E-state index >= 15 is 0 Å². The average Bonchev–Trinajstić information content (AvgIpc) is 2.62. The summed E-state index contributed by atoms with van der Waals surface area (Å²) in [5.74, 6) is -2.43. The van der Waals surface area contributed by atoms with Gasteiger partial charge in [-0.25, -0.2) is 27.2 Å². The van der Waals surface area contributed by atoms with Crippen molar-refractivity contribution in [2.45, 2.75) is 4.90 Å². The van der Waals surface area contributed by atoms with Crippen molar-refractivity contribution >= 4 is 32.9 Å². The lowest BCUT2D eigenvalue weighted by Crippen LogP contribution is -2.16. The van der Waals surface area contributed by atoms with Gasteiger partial charge in [-0.3, -0.25) is 4.72 Å². The van der Waals surface area contributed by atoms with Crippen LogP contribution < -0.4 is 4.72 Å². The molecule has 0 amide bonds.